The molecule has 3 aromatic rings. The number of benzene rings is 1. The number of aromatic nitrogens is 4. The van der Waals surface area contributed by atoms with Crippen LogP contribution in [0.15, 0.2) is 30.7 Å². The molecule has 0 radical (unpaired) electrons. The van der Waals surface area contributed by atoms with E-state index >= 15 is 0 Å². The maximum absolute atomic E-state index is 12.5. The number of esters is 1. The van der Waals surface area contributed by atoms with Crippen molar-refractivity contribution in [3.8, 4) is 11.5 Å². The van der Waals surface area contributed by atoms with Gasteiger partial charge in [0, 0.05) is 11.8 Å². The second-order valence-corrected chi connectivity index (χ2v) is 6.25. The van der Waals surface area contributed by atoms with Crippen LogP contribution in [0, 0.1) is 0 Å². The number of hydrogen-bond donors (Lipinski definition) is 0. The molecule has 0 fully saturated rings. The Hall–Kier alpha value is -3.49. The van der Waals surface area contributed by atoms with Gasteiger partial charge in [-0.3, -0.25) is 4.79 Å². The lowest BCUT2D eigenvalue weighted by molar-refractivity contribution is 0.0472. The number of hydrogen-bond acceptors (Lipinski definition) is 8. The minimum Gasteiger partial charge on any atom is -0.454 e. The predicted octanol–water partition coefficient (Wildman–Crippen LogP) is 2.02. The third-order valence-electron chi connectivity index (χ3n) is 4.14. The van der Waals surface area contributed by atoms with Crippen molar-refractivity contribution >= 4 is 17.5 Å². The van der Waals surface area contributed by atoms with E-state index in [1.54, 1.807) is 18.2 Å². The lowest BCUT2D eigenvalue weighted by Crippen LogP contribution is -2.18. The molecule has 1 aromatic carbocycles. The van der Waals surface area contributed by atoms with Gasteiger partial charge in [-0.15, -0.1) is 0 Å². The summed E-state index contributed by atoms with van der Waals surface area (Å²) in [6.07, 6.45) is 2.76. The summed E-state index contributed by atoms with van der Waals surface area (Å²) < 4.78 is 17.2. The van der Waals surface area contributed by atoms with E-state index in [-0.39, 0.29) is 24.1 Å². The molecule has 0 amide bonds. The average Bonchev–Trinajstić information content (AvgIpc) is 3.32. The summed E-state index contributed by atoms with van der Waals surface area (Å²) in [5.74, 6) is 0.462. The summed E-state index contributed by atoms with van der Waals surface area (Å²) in [6.45, 7) is 3.57. The highest BCUT2D eigenvalue weighted by molar-refractivity contribution is 6.00. The monoisotopic (exact) mass is 368 g/mol. The van der Waals surface area contributed by atoms with Gasteiger partial charge in [-0.2, -0.15) is 10.1 Å². The first-order valence-corrected chi connectivity index (χ1v) is 8.33. The molecule has 4 rings (SSSR count). The third-order valence-corrected chi connectivity index (χ3v) is 4.14. The largest absolute Gasteiger partial charge is 0.454 e. The third kappa shape index (κ3) is 3.07. The molecule has 0 atom stereocenters. The van der Waals surface area contributed by atoms with Crippen molar-refractivity contribution in [2.24, 2.45) is 0 Å². The number of nitrogens with zero attached hydrogens (tertiary/aromatic N) is 4. The first kappa shape index (κ1) is 17.0. The molecule has 0 N–H and O–H groups in total. The maximum Gasteiger partial charge on any atom is 0.342 e. The highest BCUT2D eigenvalue weighted by atomic mass is 16.7. The Balaban J connectivity index is 1.52. The minimum absolute atomic E-state index is 0.0238. The molecule has 0 aliphatic carbocycles. The number of ketones is 1. The van der Waals surface area contributed by atoms with Crippen LogP contribution in [0.2, 0.25) is 0 Å². The molecule has 0 bridgehead atoms. The first-order valence-electron chi connectivity index (χ1n) is 8.33. The van der Waals surface area contributed by atoms with Crippen LogP contribution in [0.4, 0.5) is 0 Å². The second kappa shape index (κ2) is 6.67. The number of ether oxygens (including phenoxy) is 3. The summed E-state index contributed by atoms with van der Waals surface area (Å²) in [7, 11) is 0. The van der Waals surface area contributed by atoms with Gasteiger partial charge in [-0.05, 0) is 24.1 Å². The summed E-state index contributed by atoms with van der Waals surface area (Å²) in [6, 6.07) is 4.82. The summed E-state index contributed by atoms with van der Waals surface area (Å²) in [4.78, 5) is 33.0. The summed E-state index contributed by atoms with van der Waals surface area (Å²) in [5, 5.41) is 4.10. The van der Waals surface area contributed by atoms with Gasteiger partial charge in [0.2, 0.25) is 6.79 Å². The standard InChI is InChI=1S/C18H16N4O5/c1-10(2)16-12(6-19-18-20-8-21-22(16)18)17(24)25-7-13(23)11-3-4-14-15(5-11)27-9-26-14/h3-6,8,10H,7,9H2,1-2H3. The number of Topliss-reactive ketones (excluding diaryl/α,β-unsaturated/α-hetero) is 1. The van der Waals surface area contributed by atoms with Crippen molar-refractivity contribution in [3.05, 3.63) is 47.5 Å². The van der Waals surface area contributed by atoms with E-state index in [1.807, 2.05) is 13.8 Å². The summed E-state index contributed by atoms with van der Waals surface area (Å²) in [5.41, 5.74) is 1.25. The van der Waals surface area contributed by atoms with Gasteiger partial charge in [0.25, 0.3) is 5.78 Å². The molecule has 1 aliphatic heterocycles. The highest BCUT2D eigenvalue weighted by Crippen LogP contribution is 2.32. The zero-order valence-corrected chi connectivity index (χ0v) is 14.7. The fourth-order valence-corrected chi connectivity index (χ4v) is 2.87. The Labute approximate surface area is 153 Å². The van der Waals surface area contributed by atoms with E-state index in [4.69, 9.17) is 14.2 Å². The van der Waals surface area contributed by atoms with E-state index in [1.165, 1.54) is 17.0 Å². The van der Waals surface area contributed by atoms with E-state index in [0.717, 1.165) is 0 Å². The number of rotatable bonds is 5. The zero-order chi connectivity index (χ0) is 19.0. The number of fused-ring (bicyclic) bond motifs is 2. The number of carbonyl (C=O) groups is 2. The Morgan fingerprint density at radius 1 is 1.22 bits per heavy atom. The van der Waals surface area contributed by atoms with E-state index in [9.17, 15) is 9.59 Å². The van der Waals surface area contributed by atoms with Gasteiger partial charge < -0.3 is 14.2 Å². The molecule has 0 saturated heterocycles. The molecule has 27 heavy (non-hydrogen) atoms. The van der Waals surface area contributed by atoms with Crippen molar-refractivity contribution in [1.29, 1.82) is 0 Å². The quantitative estimate of drug-likeness (QED) is 0.497. The zero-order valence-electron chi connectivity index (χ0n) is 14.7. The van der Waals surface area contributed by atoms with Gasteiger partial charge in [0.05, 0.1) is 11.3 Å². The Bertz CT molecular complexity index is 1040. The van der Waals surface area contributed by atoms with Crippen LogP contribution < -0.4 is 9.47 Å². The fraction of sp³-hybridized carbons (Fsp3) is 0.278. The van der Waals surface area contributed by atoms with Crippen LogP contribution in [-0.2, 0) is 4.74 Å². The van der Waals surface area contributed by atoms with Crippen molar-refractivity contribution < 1.29 is 23.8 Å². The van der Waals surface area contributed by atoms with Gasteiger partial charge in [-0.1, -0.05) is 13.8 Å². The van der Waals surface area contributed by atoms with Crippen LogP contribution in [0.5, 0.6) is 11.5 Å². The SMILES string of the molecule is CC(C)c1c(C(=O)OCC(=O)c2ccc3c(c2)OCO3)cnc2ncnn12. The molecular weight excluding hydrogens is 352 g/mol. The van der Waals surface area contributed by atoms with Gasteiger partial charge in [0.1, 0.15) is 6.33 Å². The molecule has 9 nitrogen and oxygen atoms in total. The van der Waals surface area contributed by atoms with E-state index in [0.29, 0.717) is 28.5 Å². The first-order chi connectivity index (χ1) is 13.0. The molecule has 3 heterocycles. The molecule has 1 aliphatic rings. The Morgan fingerprint density at radius 2 is 2.04 bits per heavy atom. The summed E-state index contributed by atoms with van der Waals surface area (Å²) >= 11 is 0. The lowest BCUT2D eigenvalue weighted by Gasteiger charge is -2.12. The minimum atomic E-state index is -0.641. The molecule has 9 heteroatoms. The highest BCUT2D eigenvalue weighted by Gasteiger charge is 2.22. The maximum atomic E-state index is 12.5. The van der Waals surface area contributed by atoms with Crippen LogP contribution in [0.25, 0.3) is 5.78 Å². The van der Waals surface area contributed by atoms with Crippen molar-refractivity contribution in [1.82, 2.24) is 19.6 Å². The van der Waals surface area contributed by atoms with Gasteiger partial charge in [-0.25, -0.2) is 14.3 Å². The van der Waals surface area contributed by atoms with Crippen LogP contribution in [0.1, 0.15) is 46.2 Å². The van der Waals surface area contributed by atoms with Gasteiger partial charge in [0.15, 0.2) is 23.9 Å². The smallest absolute Gasteiger partial charge is 0.342 e. The van der Waals surface area contributed by atoms with Gasteiger partial charge >= 0.3 is 5.97 Å². The molecule has 0 saturated carbocycles. The molecule has 2 aromatic heterocycles. The molecule has 138 valence electrons. The van der Waals surface area contributed by atoms with Crippen LogP contribution in [0.3, 0.4) is 0 Å². The molecule has 0 unspecified atom stereocenters. The Morgan fingerprint density at radius 3 is 2.85 bits per heavy atom. The predicted molar refractivity (Wildman–Crippen MR) is 92.0 cm³/mol. The normalized spacial score (nSPS) is 12.6. The topological polar surface area (TPSA) is 105 Å². The molecular formula is C18H16N4O5. The van der Waals surface area contributed by atoms with Crippen LogP contribution in [-0.4, -0.2) is 44.7 Å². The average molecular weight is 368 g/mol. The molecule has 0 spiro atoms. The van der Waals surface area contributed by atoms with E-state index < -0.39 is 12.6 Å². The fourth-order valence-electron chi connectivity index (χ4n) is 2.87. The van der Waals surface area contributed by atoms with Crippen molar-refractivity contribution in [2.75, 3.05) is 13.4 Å². The van der Waals surface area contributed by atoms with E-state index in [2.05, 4.69) is 15.1 Å². The van der Waals surface area contributed by atoms with Crippen molar-refractivity contribution in [3.63, 3.8) is 0 Å². The lowest BCUT2D eigenvalue weighted by atomic mass is 10.1. The van der Waals surface area contributed by atoms with Crippen molar-refractivity contribution in [2.45, 2.75) is 19.8 Å². The Kier molecular flexibility index (Phi) is 4.19. The van der Waals surface area contributed by atoms with Crippen LogP contribution >= 0.6 is 0 Å². The second-order valence-electron chi connectivity index (χ2n) is 6.25. The number of carbonyl (C=O) groups excluding carboxylic acids is 2.